The van der Waals surface area contributed by atoms with Gasteiger partial charge in [0, 0.05) is 0 Å². The Morgan fingerprint density at radius 3 is 2.25 bits per heavy atom. The minimum Gasteiger partial charge on any atom is -0.489 e. The van der Waals surface area contributed by atoms with Crippen molar-refractivity contribution in [1.29, 1.82) is 0 Å². The van der Waals surface area contributed by atoms with E-state index in [4.69, 9.17) is 4.74 Å². The number of rotatable bonds is 4. The highest BCUT2D eigenvalue weighted by Crippen LogP contribution is 2.61. The lowest BCUT2D eigenvalue weighted by molar-refractivity contribution is 0.0711. The predicted molar refractivity (Wildman–Crippen MR) is 96.8 cm³/mol. The molecule has 3 unspecified atom stereocenters. The highest BCUT2D eigenvalue weighted by molar-refractivity contribution is 5.42. The van der Waals surface area contributed by atoms with E-state index in [0.29, 0.717) is 12.5 Å². The number of para-hydroxylation sites is 1. The highest BCUT2D eigenvalue weighted by Gasteiger charge is 2.49. The molecule has 2 aromatic rings. The fourth-order valence-corrected chi connectivity index (χ4v) is 5.71. The van der Waals surface area contributed by atoms with E-state index < -0.39 is 0 Å². The van der Waals surface area contributed by atoms with Gasteiger partial charge in [-0.2, -0.15) is 0 Å². The van der Waals surface area contributed by atoms with Gasteiger partial charge in [-0.25, -0.2) is 0 Å². The van der Waals surface area contributed by atoms with Crippen LogP contribution >= 0.6 is 0 Å². The van der Waals surface area contributed by atoms with Gasteiger partial charge in [0.15, 0.2) is 0 Å². The van der Waals surface area contributed by atoms with Crippen LogP contribution < -0.4 is 4.74 Å². The fraction of sp³-hybridized carbons (Fsp3) is 0.435. The van der Waals surface area contributed by atoms with Crippen LogP contribution in [0.25, 0.3) is 0 Å². The van der Waals surface area contributed by atoms with Gasteiger partial charge in [-0.3, -0.25) is 0 Å². The first-order chi connectivity index (χ1) is 11.9. The summed E-state index contributed by atoms with van der Waals surface area (Å²) < 4.78 is 6.27. The summed E-state index contributed by atoms with van der Waals surface area (Å²) in [6, 6.07) is 19.3. The second-order valence-corrected chi connectivity index (χ2v) is 8.06. The number of benzene rings is 2. The topological polar surface area (TPSA) is 9.23 Å². The van der Waals surface area contributed by atoms with Gasteiger partial charge >= 0.3 is 0 Å². The molecule has 0 amide bonds. The van der Waals surface area contributed by atoms with Crippen LogP contribution in [0.3, 0.4) is 0 Å². The molecule has 4 bridgehead atoms. The summed E-state index contributed by atoms with van der Waals surface area (Å²) in [4.78, 5) is 0. The summed E-state index contributed by atoms with van der Waals surface area (Å²) in [5.41, 5.74) is 2.69. The van der Waals surface area contributed by atoms with Crippen LogP contribution in [0.5, 0.6) is 5.75 Å². The first-order valence-electron chi connectivity index (χ1n) is 9.47. The van der Waals surface area contributed by atoms with Crippen LogP contribution in [0.1, 0.15) is 49.1 Å². The average molecular weight is 317 g/mol. The minimum atomic E-state index is 0.657. The van der Waals surface area contributed by atoms with Crippen molar-refractivity contribution in [3.63, 3.8) is 0 Å². The third-order valence-electron chi connectivity index (χ3n) is 6.44. The van der Waals surface area contributed by atoms with E-state index in [2.05, 4.69) is 54.6 Å². The zero-order valence-electron chi connectivity index (χ0n) is 14.2. The van der Waals surface area contributed by atoms with Crippen LogP contribution in [0.4, 0.5) is 0 Å². The molecule has 1 nitrogen and oxygen atoms in total. The molecule has 123 valence electrons. The molecule has 2 aromatic carbocycles. The maximum atomic E-state index is 6.27. The van der Waals surface area contributed by atoms with Crippen LogP contribution in [-0.2, 0) is 6.61 Å². The molecule has 0 saturated heterocycles. The SMILES string of the molecule is c1ccc(COc2ccccc2C2[C]3CC4CC(C3)CC2C4)cc1. The molecular formula is C23H25O. The van der Waals surface area contributed by atoms with Gasteiger partial charge < -0.3 is 4.74 Å². The fourth-order valence-electron chi connectivity index (χ4n) is 5.71. The molecule has 0 heterocycles. The van der Waals surface area contributed by atoms with Crippen molar-refractivity contribution in [3.05, 3.63) is 71.6 Å². The lowest BCUT2D eigenvalue weighted by Crippen LogP contribution is -2.42. The Bertz CT molecular complexity index is 677. The van der Waals surface area contributed by atoms with Gasteiger partial charge in [0.2, 0.25) is 0 Å². The molecule has 3 atom stereocenters. The van der Waals surface area contributed by atoms with E-state index in [0.717, 1.165) is 23.5 Å². The Hall–Kier alpha value is -1.76. The lowest BCUT2D eigenvalue weighted by Gasteiger charge is -2.54. The Morgan fingerprint density at radius 1 is 0.792 bits per heavy atom. The summed E-state index contributed by atoms with van der Waals surface area (Å²) in [6.45, 7) is 0.663. The monoisotopic (exact) mass is 317 g/mol. The standard InChI is InChI=1S/C23H25O/c1-2-6-16(7-3-1)15-24-22-9-5-4-8-21(22)23-19-11-17-10-18(13-19)14-20(23)12-17/h1-9,17-19,23H,10-15H2. The molecular weight excluding hydrogens is 292 g/mol. The van der Waals surface area contributed by atoms with Crippen molar-refractivity contribution < 1.29 is 4.74 Å². The second kappa shape index (κ2) is 5.95. The maximum Gasteiger partial charge on any atom is 0.123 e. The Kier molecular flexibility index (Phi) is 3.61. The molecule has 4 fully saturated rings. The molecule has 6 rings (SSSR count). The molecule has 0 aliphatic heterocycles. The quantitative estimate of drug-likeness (QED) is 0.696. The van der Waals surface area contributed by atoms with Gasteiger partial charge in [-0.1, -0.05) is 48.5 Å². The molecule has 0 spiro atoms. The first kappa shape index (κ1) is 14.6. The average Bonchev–Trinajstić information content (AvgIpc) is 2.61. The molecule has 0 N–H and O–H groups in total. The summed E-state index contributed by atoms with van der Waals surface area (Å²) in [6.07, 6.45) is 7.14. The van der Waals surface area contributed by atoms with Crippen LogP contribution in [0.15, 0.2) is 54.6 Å². The Balaban J connectivity index is 1.40. The van der Waals surface area contributed by atoms with E-state index in [1.54, 1.807) is 0 Å². The molecule has 1 radical (unpaired) electrons. The molecule has 4 saturated carbocycles. The normalized spacial score (nSPS) is 31.3. The molecule has 4 aliphatic carbocycles. The molecule has 1 heteroatoms. The van der Waals surface area contributed by atoms with Crippen molar-refractivity contribution in [2.24, 2.45) is 17.8 Å². The number of hydrogen-bond donors (Lipinski definition) is 0. The summed E-state index contributed by atoms with van der Waals surface area (Å²) >= 11 is 0. The van der Waals surface area contributed by atoms with Crippen molar-refractivity contribution in [2.75, 3.05) is 0 Å². The minimum absolute atomic E-state index is 0.657. The van der Waals surface area contributed by atoms with Gasteiger partial charge in [0.25, 0.3) is 0 Å². The second-order valence-electron chi connectivity index (χ2n) is 8.06. The summed E-state index contributed by atoms with van der Waals surface area (Å²) in [5, 5.41) is 0. The van der Waals surface area contributed by atoms with Gasteiger partial charge in [0.1, 0.15) is 12.4 Å². The molecule has 0 aromatic heterocycles. The Labute approximate surface area is 145 Å². The van der Waals surface area contributed by atoms with Gasteiger partial charge in [-0.05, 0) is 78.9 Å². The van der Waals surface area contributed by atoms with E-state index in [1.165, 1.54) is 43.2 Å². The van der Waals surface area contributed by atoms with Crippen LogP contribution in [-0.4, -0.2) is 0 Å². The summed E-state index contributed by atoms with van der Waals surface area (Å²) in [7, 11) is 0. The van der Waals surface area contributed by atoms with E-state index in [9.17, 15) is 0 Å². The lowest BCUT2D eigenvalue weighted by atomic mass is 9.50. The van der Waals surface area contributed by atoms with E-state index in [-0.39, 0.29) is 0 Å². The van der Waals surface area contributed by atoms with Crippen molar-refractivity contribution in [2.45, 2.75) is 44.6 Å². The number of hydrogen-bond acceptors (Lipinski definition) is 1. The van der Waals surface area contributed by atoms with Crippen LogP contribution in [0, 0.1) is 23.7 Å². The zero-order valence-corrected chi connectivity index (χ0v) is 14.2. The summed E-state index contributed by atoms with van der Waals surface area (Å²) in [5.74, 6) is 6.44. The maximum absolute atomic E-state index is 6.27. The zero-order chi connectivity index (χ0) is 15.9. The third-order valence-corrected chi connectivity index (χ3v) is 6.44. The van der Waals surface area contributed by atoms with Gasteiger partial charge in [-0.15, -0.1) is 0 Å². The first-order valence-corrected chi connectivity index (χ1v) is 9.47. The van der Waals surface area contributed by atoms with Gasteiger partial charge in [0.05, 0.1) is 0 Å². The van der Waals surface area contributed by atoms with E-state index in [1.807, 2.05) is 5.92 Å². The largest absolute Gasteiger partial charge is 0.489 e. The predicted octanol–water partition coefficient (Wildman–Crippen LogP) is 5.76. The smallest absolute Gasteiger partial charge is 0.123 e. The Morgan fingerprint density at radius 2 is 1.50 bits per heavy atom. The van der Waals surface area contributed by atoms with E-state index >= 15 is 0 Å². The molecule has 24 heavy (non-hydrogen) atoms. The molecule has 4 aliphatic rings. The van der Waals surface area contributed by atoms with Crippen molar-refractivity contribution in [3.8, 4) is 5.75 Å². The van der Waals surface area contributed by atoms with Crippen molar-refractivity contribution >= 4 is 0 Å². The van der Waals surface area contributed by atoms with Crippen molar-refractivity contribution in [1.82, 2.24) is 0 Å². The third kappa shape index (κ3) is 2.55. The van der Waals surface area contributed by atoms with Crippen LogP contribution in [0.2, 0.25) is 0 Å². The number of ether oxygens (including phenoxy) is 1. The highest BCUT2D eigenvalue weighted by atomic mass is 16.5.